The summed E-state index contributed by atoms with van der Waals surface area (Å²) >= 11 is 0. The average Bonchev–Trinajstić information content (AvgIpc) is 2.36. The van der Waals surface area contributed by atoms with Crippen molar-refractivity contribution in [2.75, 3.05) is 32.8 Å². The summed E-state index contributed by atoms with van der Waals surface area (Å²) in [6.07, 6.45) is 0.750. The molecular weight excluding hydrogens is 218 g/mol. The van der Waals surface area contributed by atoms with Crippen molar-refractivity contribution in [2.24, 2.45) is 0 Å². The Bertz CT molecular complexity index is 246. The summed E-state index contributed by atoms with van der Waals surface area (Å²) < 4.78 is 0. The van der Waals surface area contributed by atoms with Crippen LogP contribution in [0.4, 0.5) is 0 Å². The lowest BCUT2D eigenvalue weighted by molar-refractivity contribution is -0.133. The topological polar surface area (TPSA) is 64.6 Å². The number of rotatable bonds is 5. The fourth-order valence-electron chi connectivity index (χ4n) is 2.01. The summed E-state index contributed by atoms with van der Waals surface area (Å²) in [5.41, 5.74) is -0.509. The van der Waals surface area contributed by atoms with Crippen molar-refractivity contribution in [2.45, 2.75) is 38.8 Å². The molecule has 5 heteroatoms. The molecule has 0 aromatic carbocycles. The van der Waals surface area contributed by atoms with Crippen molar-refractivity contribution in [3.63, 3.8) is 0 Å². The van der Waals surface area contributed by atoms with Crippen LogP contribution in [0.1, 0.15) is 27.2 Å². The standard InChI is InChI=1S/C12H25N3O2/c1-4-10(9-16)14-11(17)12(2,3)15-7-5-13-6-8-15/h10,13,16H,4-9H2,1-3H3,(H,14,17)/t10-/m0/s1. The van der Waals surface area contributed by atoms with Crippen LogP contribution in [-0.4, -0.2) is 60.3 Å². The zero-order valence-corrected chi connectivity index (χ0v) is 11.1. The maximum absolute atomic E-state index is 12.2. The number of hydrogen-bond acceptors (Lipinski definition) is 4. The molecule has 3 N–H and O–H groups in total. The summed E-state index contributed by atoms with van der Waals surface area (Å²) in [6, 6.07) is -0.135. The van der Waals surface area contributed by atoms with Crippen molar-refractivity contribution >= 4 is 5.91 Å². The molecule has 100 valence electrons. The lowest BCUT2D eigenvalue weighted by atomic mass is 9.99. The highest BCUT2D eigenvalue weighted by atomic mass is 16.3. The van der Waals surface area contributed by atoms with Crippen LogP contribution in [0.2, 0.25) is 0 Å². The molecular formula is C12H25N3O2. The highest BCUT2D eigenvalue weighted by molar-refractivity contribution is 5.85. The van der Waals surface area contributed by atoms with Gasteiger partial charge in [0, 0.05) is 26.2 Å². The normalized spacial score (nSPS) is 20.0. The molecule has 1 aliphatic rings. The minimum absolute atomic E-state index is 0.000123. The van der Waals surface area contributed by atoms with Crippen molar-refractivity contribution in [3.8, 4) is 0 Å². The molecule has 17 heavy (non-hydrogen) atoms. The van der Waals surface area contributed by atoms with Gasteiger partial charge in [-0.1, -0.05) is 6.92 Å². The van der Waals surface area contributed by atoms with Crippen LogP contribution in [-0.2, 0) is 4.79 Å². The number of aliphatic hydroxyl groups excluding tert-OH is 1. The Morgan fingerprint density at radius 1 is 1.47 bits per heavy atom. The summed E-state index contributed by atoms with van der Waals surface area (Å²) in [5.74, 6) is 0.000278. The Labute approximate surface area is 104 Å². The van der Waals surface area contributed by atoms with Gasteiger partial charge in [-0.05, 0) is 20.3 Å². The Hall–Kier alpha value is -0.650. The van der Waals surface area contributed by atoms with Gasteiger partial charge in [0.05, 0.1) is 18.2 Å². The molecule has 1 rings (SSSR count). The average molecular weight is 243 g/mol. The van der Waals surface area contributed by atoms with Crippen LogP contribution < -0.4 is 10.6 Å². The second kappa shape index (κ2) is 6.33. The van der Waals surface area contributed by atoms with Crippen LogP contribution in [0.5, 0.6) is 0 Å². The number of carbonyl (C=O) groups excluding carboxylic acids is 1. The highest BCUT2D eigenvalue weighted by Gasteiger charge is 2.35. The monoisotopic (exact) mass is 243 g/mol. The van der Waals surface area contributed by atoms with Crippen LogP contribution >= 0.6 is 0 Å². The Balaban J connectivity index is 2.58. The number of nitrogens with zero attached hydrogens (tertiary/aromatic N) is 1. The quantitative estimate of drug-likeness (QED) is 0.612. The van der Waals surface area contributed by atoms with Crippen LogP contribution in [0.3, 0.4) is 0 Å². The number of carbonyl (C=O) groups is 1. The van der Waals surface area contributed by atoms with Gasteiger partial charge in [-0.25, -0.2) is 0 Å². The Morgan fingerprint density at radius 3 is 2.53 bits per heavy atom. The highest BCUT2D eigenvalue weighted by Crippen LogP contribution is 2.15. The Morgan fingerprint density at radius 2 is 2.06 bits per heavy atom. The number of nitrogens with one attached hydrogen (secondary N) is 2. The molecule has 1 aliphatic heterocycles. The third-order valence-electron chi connectivity index (χ3n) is 3.51. The van der Waals surface area contributed by atoms with Gasteiger partial charge >= 0.3 is 0 Å². The summed E-state index contributed by atoms with van der Waals surface area (Å²) in [4.78, 5) is 14.4. The molecule has 5 nitrogen and oxygen atoms in total. The molecule has 0 saturated carbocycles. The molecule has 0 aliphatic carbocycles. The summed E-state index contributed by atoms with van der Waals surface area (Å²) in [7, 11) is 0. The number of amides is 1. The largest absolute Gasteiger partial charge is 0.394 e. The predicted molar refractivity (Wildman–Crippen MR) is 67.8 cm³/mol. The van der Waals surface area contributed by atoms with E-state index in [2.05, 4.69) is 15.5 Å². The number of aliphatic hydroxyl groups is 1. The zero-order chi connectivity index (χ0) is 12.9. The van der Waals surface area contributed by atoms with Gasteiger partial charge in [0.15, 0.2) is 0 Å². The van der Waals surface area contributed by atoms with Gasteiger partial charge < -0.3 is 15.7 Å². The first kappa shape index (κ1) is 14.4. The third kappa shape index (κ3) is 3.66. The van der Waals surface area contributed by atoms with Gasteiger partial charge in [0.2, 0.25) is 5.91 Å². The van der Waals surface area contributed by atoms with Gasteiger partial charge in [0.25, 0.3) is 0 Å². The smallest absolute Gasteiger partial charge is 0.240 e. The van der Waals surface area contributed by atoms with Crippen molar-refractivity contribution in [3.05, 3.63) is 0 Å². The van der Waals surface area contributed by atoms with Crippen LogP contribution in [0, 0.1) is 0 Å². The first-order valence-corrected chi connectivity index (χ1v) is 6.40. The first-order chi connectivity index (χ1) is 8.02. The number of piperazine rings is 1. The fraction of sp³-hybridized carbons (Fsp3) is 0.917. The molecule has 0 spiro atoms. The number of hydrogen-bond donors (Lipinski definition) is 3. The second-order valence-electron chi connectivity index (χ2n) is 5.06. The fourth-order valence-corrected chi connectivity index (χ4v) is 2.01. The van der Waals surface area contributed by atoms with Gasteiger partial charge in [-0.15, -0.1) is 0 Å². The lowest BCUT2D eigenvalue weighted by Gasteiger charge is -2.40. The summed E-state index contributed by atoms with van der Waals surface area (Å²) in [6.45, 7) is 9.46. The molecule has 0 radical (unpaired) electrons. The Kier molecular flexibility index (Phi) is 5.36. The van der Waals surface area contributed by atoms with Gasteiger partial charge in [0.1, 0.15) is 0 Å². The van der Waals surface area contributed by atoms with Gasteiger partial charge in [-0.3, -0.25) is 9.69 Å². The van der Waals surface area contributed by atoms with E-state index in [4.69, 9.17) is 5.11 Å². The minimum Gasteiger partial charge on any atom is -0.394 e. The molecule has 0 unspecified atom stereocenters. The van der Waals surface area contributed by atoms with E-state index in [1.807, 2.05) is 20.8 Å². The molecule has 1 amide bonds. The molecule has 1 atom stereocenters. The van der Waals surface area contributed by atoms with E-state index in [1.54, 1.807) is 0 Å². The van der Waals surface area contributed by atoms with Crippen LogP contribution in [0.15, 0.2) is 0 Å². The minimum atomic E-state index is -0.509. The van der Waals surface area contributed by atoms with Crippen molar-refractivity contribution in [1.82, 2.24) is 15.5 Å². The second-order valence-corrected chi connectivity index (χ2v) is 5.06. The molecule has 1 heterocycles. The molecule has 0 aromatic rings. The molecule has 1 fully saturated rings. The van der Waals surface area contributed by atoms with E-state index >= 15 is 0 Å². The van der Waals surface area contributed by atoms with E-state index in [0.717, 1.165) is 32.6 Å². The molecule has 0 bridgehead atoms. The first-order valence-electron chi connectivity index (χ1n) is 6.40. The van der Waals surface area contributed by atoms with Crippen molar-refractivity contribution < 1.29 is 9.90 Å². The van der Waals surface area contributed by atoms with Crippen molar-refractivity contribution in [1.29, 1.82) is 0 Å². The van der Waals surface area contributed by atoms with Crippen LogP contribution in [0.25, 0.3) is 0 Å². The van der Waals surface area contributed by atoms with E-state index < -0.39 is 5.54 Å². The third-order valence-corrected chi connectivity index (χ3v) is 3.51. The van der Waals surface area contributed by atoms with E-state index in [1.165, 1.54) is 0 Å². The SMILES string of the molecule is CC[C@@H](CO)NC(=O)C(C)(C)N1CCNCC1. The summed E-state index contributed by atoms with van der Waals surface area (Å²) in [5, 5.41) is 15.3. The maximum atomic E-state index is 12.2. The van der Waals surface area contributed by atoms with E-state index in [-0.39, 0.29) is 18.6 Å². The van der Waals surface area contributed by atoms with Gasteiger partial charge in [-0.2, -0.15) is 0 Å². The maximum Gasteiger partial charge on any atom is 0.240 e. The lowest BCUT2D eigenvalue weighted by Crippen LogP contribution is -2.61. The predicted octanol–water partition coefficient (Wildman–Crippen LogP) is -0.443. The molecule has 0 aromatic heterocycles. The zero-order valence-electron chi connectivity index (χ0n) is 11.1. The van der Waals surface area contributed by atoms with E-state index in [0.29, 0.717) is 0 Å². The van der Waals surface area contributed by atoms with E-state index in [9.17, 15) is 4.79 Å². The molecule has 1 saturated heterocycles.